The highest BCUT2D eigenvalue weighted by Crippen LogP contribution is 2.60. The van der Waals surface area contributed by atoms with E-state index in [0.717, 1.165) is 6.42 Å². The number of carbonyl (C=O) groups is 2. The molecule has 0 heterocycles. The van der Waals surface area contributed by atoms with Crippen molar-refractivity contribution in [3.05, 3.63) is 57.7 Å². The molecule has 154 valence electrons. The summed E-state index contributed by atoms with van der Waals surface area (Å²) in [5, 5.41) is 22.6. The van der Waals surface area contributed by atoms with Crippen LogP contribution in [0, 0.1) is 5.92 Å². The first-order chi connectivity index (χ1) is 14.4. The molecule has 0 saturated heterocycles. The van der Waals surface area contributed by atoms with Crippen molar-refractivity contribution in [2.45, 2.75) is 42.8 Å². The van der Waals surface area contributed by atoms with Crippen molar-refractivity contribution in [3.8, 4) is 11.5 Å². The molecule has 4 bridgehead atoms. The minimum atomic E-state index is -0.968. The SMILES string of the molecule is COC12C=CC(CC1)C1=C2C(=O)c2c(O)c3c(c(O)c2C1=O)C1C=CC3(OC)CC1. The third kappa shape index (κ3) is 1.79. The van der Waals surface area contributed by atoms with Crippen molar-refractivity contribution < 1.29 is 29.3 Å². The number of rotatable bonds is 2. The number of methoxy groups -OCH3 is 2. The highest BCUT2D eigenvalue weighted by molar-refractivity contribution is 6.30. The Balaban J connectivity index is 1.68. The Morgan fingerprint density at radius 1 is 0.867 bits per heavy atom. The van der Waals surface area contributed by atoms with E-state index in [4.69, 9.17) is 9.47 Å². The fourth-order valence-electron chi connectivity index (χ4n) is 6.33. The van der Waals surface area contributed by atoms with Crippen LogP contribution in [0.15, 0.2) is 35.5 Å². The molecule has 0 spiro atoms. The maximum absolute atomic E-state index is 13.8. The van der Waals surface area contributed by atoms with Crippen LogP contribution in [-0.4, -0.2) is 41.6 Å². The fourth-order valence-corrected chi connectivity index (χ4v) is 6.33. The van der Waals surface area contributed by atoms with E-state index in [1.165, 1.54) is 7.11 Å². The topological polar surface area (TPSA) is 93.1 Å². The van der Waals surface area contributed by atoms with Crippen molar-refractivity contribution in [1.29, 1.82) is 0 Å². The number of benzene rings is 1. The molecule has 4 atom stereocenters. The van der Waals surface area contributed by atoms with E-state index in [9.17, 15) is 19.8 Å². The molecular formula is C24H22O6. The molecule has 7 aliphatic rings. The molecule has 7 aliphatic carbocycles. The second kappa shape index (κ2) is 5.50. The zero-order chi connectivity index (χ0) is 21.0. The molecule has 6 heteroatoms. The molecule has 0 amide bonds. The minimum Gasteiger partial charge on any atom is -0.507 e. The van der Waals surface area contributed by atoms with Gasteiger partial charge in [-0.05, 0) is 25.7 Å². The summed E-state index contributed by atoms with van der Waals surface area (Å²) < 4.78 is 11.5. The Morgan fingerprint density at radius 3 is 2.07 bits per heavy atom. The van der Waals surface area contributed by atoms with Gasteiger partial charge in [-0.25, -0.2) is 0 Å². The monoisotopic (exact) mass is 406 g/mol. The van der Waals surface area contributed by atoms with Crippen LogP contribution >= 0.6 is 0 Å². The number of phenols is 2. The van der Waals surface area contributed by atoms with E-state index in [1.807, 2.05) is 24.3 Å². The molecule has 1 aromatic carbocycles. The molecule has 0 saturated carbocycles. The summed E-state index contributed by atoms with van der Waals surface area (Å²) in [6.45, 7) is 0. The van der Waals surface area contributed by atoms with Gasteiger partial charge in [0.15, 0.2) is 11.6 Å². The molecule has 1 aromatic rings. The summed E-state index contributed by atoms with van der Waals surface area (Å²) in [4.78, 5) is 27.4. The average molecular weight is 406 g/mol. The number of allylic oxidation sites excluding steroid dienone is 3. The Bertz CT molecular complexity index is 1150. The highest BCUT2D eigenvalue weighted by Gasteiger charge is 2.55. The third-order valence-electron chi connectivity index (χ3n) is 7.85. The maximum Gasteiger partial charge on any atom is 0.197 e. The van der Waals surface area contributed by atoms with Crippen LogP contribution < -0.4 is 0 Å². The lowest BCUT2D eigenvalue weighted by atomic mass is 9.60. The molecule has 0 aliphatic heterocycles. The van der Waals surface area contributed by atoms with E-state index in [2.05, 4.69) is 0 Å². The number of carbonyl (C=O) groups excluding carboxylic acids is 2. The van der Waals surface area contributed by atoms with Crippen molar-refractivity contribution in [2.75, 3.05) is 14.2 Å². The molecule has 6 nitrogen and oxygen atoms in total. The van der Waals surface area contributed by atoms with Crippen LogP contribution in [0.1, 0.15) is 63.4 Å². The largest absolute Gasteiger partial charge is 0.507 e. The van der Waals surface area contributed by atoms with Crippen molar-refractivity contribution in [3.63, 3.8) is 0 Å². The lowest BCUT2D eigenvalue weighted by molar-refractivity contribution is 0.00408. The second-order valence-corrected chi connectivity index (χ2v) is 8.88. The molecule has 30 heavy (non-hydrogen) atoms. The first-order valence-electron chi connectivity index (χ1n) is 10.3. The molecule has 0 aromatic heterocycles. The predicted octanol–water partition coefficient (Wildman–Crippen LogP) is 3.43. The van der Waals surface area contributed by atoms with Gasteiger partial charge in [-0.3, -0.25) is 9.59 Å². The molecule has 2 N–H and O–H groups in total. The average Bonchev–Trinajstić information content (AvgIpc) is 2.80. The Kier molecular flexibility index (Phi) is 3.32. The number of hydrogen-bond donors (Lipinski definition) is 2. The van der Waals surface area contributed by atoms with E-state index in [0.29, 0.717) is 41.5 Å². The van der Waals surface area contributed by atoms with Gasteiger partial charge >= 0.3 is 0 Å². The summed E-state index contributed by atoms with van der Waals surface area (Å²) in [5.41, 5.74) is -0.458. The van der Waals surface area contributed by atoms with Crippen LogP contribution in [0.5, 0.6) is 11.5 Å². The number of phenolic OH excluding ortho intramolecular Hbond substituents is 2. The smallest absolute Gasteiger partial charge is 0.197 e. The lowest BCUT2D eigenvalue weighted by Crippen LogP contribution is -2.47. The van der Waals surface area contributed by atoms with Gasteiger partial charge in [-0.15, -0.1) is 0 Å². The first-order valence-corrected chi connectivity index (χ1v) is 10.3. The van der Waals surface area contributed by atoms with Crippen LogP contribution in [-0.2, 0) is 15.1 Å². The predicted molar refractivity (Wildman–Crippen MR) is 107 cm³/mol. The first kappa shape index (κ1) is 18.1. The van der Waals surface area contributed by atoms with Gasteiger partial charge in [0.05, 0.1) is 11.1 Å². The van der Waals surface area contributed by atoms with Gasteiger partial charge < -0.3 is 19.7 Å². The zero-order valence-corrected chi connectivity index (χ0v) is 16.8. The number of aromatic hydroxyl groups is 2. The van der Waals surface area contributed by atoms with Gasteiger partial charge in [-0.1, -0.05) is 24.3 Å². The number of fused-ring (bicyclic) bond motifs is 3. The van der Waals surface area contributed by atoms with Crippen LogP contribution in [0.3, 0.4) is 0 Å². The zero-order valence-electron chi connectivity index (χ0n) is 16.8. The van der Waals surface area contributed by atoms with Crippen molar-refractivity contribution >= 4 is 11.6 Å². The van der Waals surface area contributed by atoms with Crippen LogP contribution in [0.25, 0.3) is 0 Å². The quantitative estimate of drug-likeness (QED) is 0.577. The standard InChI is InChI=1S/C24H22O6/c1-29-23-7-3-11(4-8-23)13-17(23)21(27)16-15(19(13)25)20(26)14-12-5-9-24(30-2,10-6-12)18(14)22(16)28/h3,5,7,9,11-12,25,27H,4,6,8,10H2,1-2H3. The van der Waals surface area contributed by atoms with Gasteiger partial charge in [0.25, 0.3) is 0 Å². The van der Waals surface area contributed by atoms with Crippen molar-refractivity contribution in [1.82, 2.24) is 0 Å². The van der Waals surface area contributed by atoms with Gasteiger partial charge in [0, 0.05) is 48.3 Å². The van der Waals surface area contributed by atoms with Gasteiger partial charge in [0.1, 0.15) is 22.7 Å². The molecule has 8 rings (SSSR count). The van der Waals surface area contributed by atoms with Crippen LogP contribution in [0.2, 0.25) is 0 Å². The number of ketones is 2. The van der Waals surface area contributed by atoms with Crippen LogP contribution in [0.4, 0.5) is 0 Å². The number of hydrogen-bond acceptors (Lipinski definition) is 6. The highest BCUT2D eigenvalue weighted by atomic mass is 16.5. The van der Waals surface area contributed by atoms with Crippen molar-refractivity contribution in [2.24, 2.45) is 5.92 Å². The van der Waals surface area contributed by atoms with Gasteiger partial charge in [-0.2, -0.15) is 0 Å². The van der Waals surface area contributed by atoms with E-state index in [-0.39, 0.29) is 40.2 Å². The fraction of sp³-hybridized carbons (Fsp3) is 0.417. The molecule has 0 radical (unpaired) electrons. The summed E-state index contributed by atoms with van der Waals surface area (Å²) in [6, 6.07) is 0. The minimum absolute atomic E-state index is 0.0746. The normalized spacial score (nSPS) is 35.0. The summed E-state index contributed by atoms with van der Waals surface area (Å²) in [5.74, 6) is -1.59. The Labute approximate surface area is 173 Å². The molecule has 4 unspecified atom stereocenters. The van der Waals surface area contributed by atoms with E-state index in [1.54, 1.807) is 7.11 Å². The maximum atomic E-state index is 13.8. The summed E-state index contributed by atoms with van der Waals surface area (Å²) in [6.07, 6.45) is 10.3. The third-order valence-corrected chi connectivity index (χ3v) is 7.85. The number of ether oxygens (including phenoxy) is 2. The lowest BCUT2D eigenvalue weighted by Gasteiger charge is -2.47. The Hall–Kier alpha value is -2.70. The summed E-state index contributed by atoms with van der Waals surface area (Å²) in [7, 11) is 3.08. The van der Waals surface area contributed by atoms with E-state index < -0.39 is 17.0 Å². The summed E-state index contributed by atoms with van der Waals surface area (Å²) >= 11 is 0. The van der Waals surface area contributed by atoms with E-state index >= 15 is 0 Å². The second-order valence-electron chi connectivity index (χ2n) is 8.88. The number of Topliss-reactive ketones (excluding diaryl/α,β-unsaturated/α-hetero) is 2. The Morgan fingerprint density at radius 2 is 1.47 bits per heavy atom. The molecular weight excluding hydrogens is 384 g/mol. The molecule has 0 fully saturated rings. The van der Waals surface area contributed by atoms with Gasteiger partial charge in [0.2, 0.25) is 0 Å².